The summed E-state index contributed by atoms with van der Waals surface area (Å²) < 4.78 is 0. The number of carbonyl (C=O) groups is 1. The molecule has 0 aromatic rings. The molecule has 1 saturated carbocycles. The molecule has 0 aromatic heterocycles. The number of fused-ring (bicyclic) bond motifs is 1. The van der Waals surface area contributed by atoms with Crippen molar-refractivity contribution in [1.82, 2.24) is 0 Å². The maximum absolute atomic E-state index is 10.5. The lowest BCUT2D eigenvalue weighted by molar-refractivity contribution is -0.113. The highest BCUT2D eigenvalue weighted by atomic mass is 16.1. The van der Waals surface area contributed by atoms with E-state index in [2.05, 4.69) is 26.0 Å². The van der Waals surface area contributed by atoms with Crippen LogP contribution in [0.15, 0.2) is 36.0 Å². The van der Waals surface area contributed by atoms with Gasteiger partial charge in [0.15, 0.2) is 0 Å². The van der Waals surface area contributed by atoms with Crippen molar-refractivity contribution in [3.8, 4) is 0 Å². The zero-order chi connectivity index (χ0) is 11.8. The van der Waals surface area contributed by atoms with Crippen LogP contribution in [0.4, 0.5) is 0 Å². The Labute approximate surface area is 96.9 Å². The van der Waals surface area contributed by atoms with Crippen LogP contribution in [0.25, 0.3) is 0 Å². The third kappa shape index (κ3) is 1.97. The summed E-state index contributed by atoms with van der Waals surface area (Å²) in [5.74, 6) is 1.01. The molecule has 0 saturated heterocycles. The Kier molecular flexibility index (Phi) is 2.75. The number of amides is 1. The fourth-order valence-electron chi connectivity index (χ4n) is 2.88. The number of rotatable bonds is 3. The molecular weight excluding hydrogens is 198 g/mol. The molecule has 1 amide bonds. The molecule has 2 rings (SSSR count). The predicted octanol–water partition coefficient (Wildman–Crippen LogP) is 2.58. The number of nitrogens with two attached hydrogens (primary N) is 1. The van der Waals surface area contributed by atoms with Gasteiger partial charge in [0.2, 0.25) is 5.91 Å². The predicted molar refractivity (Wildman–Crippen MR) is 65.6 cm³/mol. The molecular formula is C14H19NO. The summed E-state index contributed by atoms with van der Waals surface area (Å²) in [4.78, 5) is 10.5. The van der Waals surface area contributed by atoms with Crippen molar-refractivity contribution in [2.75, 3.05) is 0 Å². The summed E-state index contributed by atoms with van der Waals surface area (Å²) in [6, 6.07) is 0. The van der Waals surface area contributed by atoms with Gasteiger partial charge < -0.3 is 5.73 Å². The third-order valence-corrected chi connectivity index (χ3v) is 4.06. The monoisotopic (exact) mass is 217 g/mol. The van der Waals surface area contributed by atoms with Gasteiger partial charge in [-0.3, -0.25) is 4.79 Å². The van der Waals surface area contributed by atoms with Gasteiger partial charge in [-0.15, -0.1) is 0 Å². The highest BCUT2D eigenvalue weighted by Crippen LogP contribution is 2.63. The van der Waals surface area contributed by atoms with Crippen molar-refractivity contribution in [3.63, 3.8) is 0 Å². The summed E-state index contributed by atoms with van der Waals surface area (Å²) in [6.45, 7) is 4.56. The van der Waals surface area contributed by atoms with Crippen molar-refractivity contribution in [2.24, 2.45) is 23.0 Å². The van der Waals surface area contributed by atoms with E-state index in [1.807, 2.05) is 6.08 Å². The molecule has 16 heavy (non-hydrogen) atoms. The first-order chi connectivity index (χ1) is 7.54. The van der Waals surface area contributed by atoms with Crippen LogP contribution in [0.3, 0.4) is 0 Å². The Morgan fingerprint density at radius 1 is 1.56 bits per heavy atom. The Balaban J connectivity index is 2.06. The molecule has 2 heteroatoms. The van der Waals surface area contributed by atoms with Crippen molar-refractivity contribution >= 4 is 5.91 Å². The Hall–Kier alpha value is -1.31. The zero-order valence-corrected chi connectivity index (χ0v) is 9.94. The molecule has 0 aliphatic heterocycles. The quantitative estimate of drug-likeness (QED) is 0.440. The molecule has 0 bridgehead atoms. The van der Waals surface area contributed by atoms with Crippen LogP contribution < -0.4 is 5.73 Å². The first-order valence-corrected chi connectivity index (χ1v) is 5.85. The van der Waals surface area contributed by atoms with E-state index in [-0.39, 0.29) is 0 Å². The Bertz CT molecular complexity index is 392. The Morgan fingerprint density at radius 2 is 2.31 bits per heavy atom. The number of primary amides is 1. The topological polar surface area (TPSA) is 43.1 Å². The Morgan fingerprint density at radius 3 is 3.00 bits per heavy atom. The average molecular weight is 217 g/mol. The summed E-state index contributed by atoms with van der Waals surface area (Å²) in [7, 11) is 0. The van der Waals surface area contributed by atoms with Crippen LogP contribution in [0.5, 0.6) is 0 Å². The van der Waals surface area contributed by atoms with Gasteiger partial charge in [-0.2, -0.15) is 0 Å². The minimum absolute atomic E-state index is 0.393. The van der Waals surface area contributed by atoms with Gasteiger partial charge in [-0.25, -0.2) is 0 Å². The molecule has 0 aromatic carbocycles. The largest absolute Gasteiger partial charge is 0.366 e. The van der Waals surface area contributed by atoms with E-state index in [0.717, 1.165) is 5.92 Å². The number of hydrogen-bond donors (Lipinski definition) is 1. The van der Waals surface area contributed by atoms with Gasteiger partial charge in [0.1, 0.15) is 0 Å². The maximum atomic E-state index is 10.5. The van der Waals surface area contributed by atoms with E-state index in [9.17, 15) is 4.79 Å². The average Bonchev–Trinajstić information content (AvgIpc) is 2.87. The lowest BCUT2D eigenvalue weighted by Gasteiger charge is -2.26. The van der Waals surface area contributed by atoms with Crippen molar-refractivity contribution in [3.05, 3.63) is 36.0 Å². The first-order valence-electron chi connectivity index (χ1n) is 5.85. The highest BCUT2D eigenvalue weighted by Gasteiger charge is 2.55. The summed E-state index contributed by atoms with van der Waals surface area (Å²) in [5.41, 5.74) is 6.96. The molecule has 3 atom stereocenters. The van der Waals surface area contributed by atoms with Crippen LogP contribution in [0.2, 0.25) is 0 Å². The van der Waals surface area contributed by atoms with Gasteiger partial charge in [-0.05, 0) is 31.1 Å². The van der Waals surface area contributed by atoms with E-state index < -0.39 is 5.91 Å². The lowest BCUT2D eigenvalue weighted by atomic mass is 9.78. The molecule has 3 unspecified atom stereocenters. The van der Waals surface area contributed by atoms with Gasteiger partial charge in [-0.1, -0.05) is 36.8 Å². The van der Waals surface area contributed by atoms with E-state index in [4.69, 9.17) is 5.73 Å². The van der Waals surface area contributed by atoms with Crippen LogP contribution in [0.1, 0.15) is 26.7 Å². The molecule has 2 aliphatic rings. The fourth-order valence-corrected chi connectivity index (χ4v) is 2.88. The van der Waals surface area contributed by atoms with Crippen LogP contribution in [-0.2, 0) is 4.79 Å². The van der Waals surface area contributed by atoms with Crippen LogP contribution >= 0.6 is 0 Å². The van der Waals surface area contributed by atoms with Gasteiger partial charge in [0.25, 0.3) is 0 Å². The number of allylic oxidation sites excluding steroid dienone is 5. The van der Waals surface area contributed by atoms with E-state index in [1.165, 1.54) is 24.5 Å². The van der Waals surface area contributed by atoms with Crippen molar-refractivity contribution < 1.29 is 4.79 Å². The fraction of sp³-hybridized carbons (Fsp3) is 0.500. The molecule has 0 radical (unpaired) electrons. The van der Waals surface area contributed by atoms with Crippen molar-refractivity contribution in [1.29, 1.82) is 0 Å². The van der Waals surface area contributed by atoms with E-state index >= 15 is 0 Å². The molecule has 0 spiro atoms. The second kappa shape index (κ2) is 3.93. The number of carbonyl (C=O) groups excluding carboxylic acids is 1. The van der Waals surface area contributed by atoms with Gasteiger partial charge >= 0.3 is 0 Å². The smallest absolute Gasteiger partial charge is 0.241 e. The van der Waals surface area contributed by atoms with E-state index in [1.54, 1.807) is 6.08 Å². The van der Waals surface area contributed by atoms with Crippen LogP contribution in [0, 0.1) is 17.3 Å². The van der Waals surface area contributed by atoms with Gasteiger partial charge in [0.05, 0.1) is 0 Å². The third-order valence-electron chi connectivity index (χ3n) is 4.06. The molecule has 1 fully saturated rings. The molecule has 0 heterocycles. The molecule has 2 nitrogen and oxygen atoms in total. The normalized spacial score (nSPS) is 37.5. The summed E-state index contributed by atoms with van der Waals surface area (Å²) in [5, 5.41) is 0. The molecule has 2 aliphatic carbocycles. The highest BCUT2D eigenvalue weighted by molar-refractivity contribution is 5.85. The standard InChI is InChI=1S/C14H19NO/c1-10-7-8-11-9-14(11,2)12(10)5-3-4-6-13(15)16/h3-7,11-12H,8-9H2,1-2H3,(H2,15,16). The first kappa shape index (κ1) is 11.2. The van der Waals surface area contributed by atoms with Gasteiger partial charge in [0, 0.05) is 12.0 Å². The summed E-state index contributed by atoms with van der Waals surface area (Å²) >= 11 is 0. The minimum atomic E-state index is -0.393. The second-order valence-electron chi connectivity index (χ2n) is 5.21. The SMILES string of the molecule is CC1=CCC2CC2(C)C1C=CC=CC(N)=O. The zero-order valence-electron chi connectivity index (χ0n) is 9.94. The lowest BCUT2D eigenvalue weighted by Crippen LogP contribution is -2.17. The summed E-state index contributed by atoms with van der Waals surface area (Å²) in [6.07, 6.45) is 12.2. The molecule has 86 valence electrons. The molecule has 2 N–H and O–H groups in total. The van der Waals surface area contributed by atoms with E-state index in [0.29, 0.717) is 11.3 Å². The second-order valence-corrected chi connectivity index (χ2v) is 5.21. The minimum Gasteiger partial charge on any atom is -0.366 e. The maximum Gasteiger partial charge on any atom is 0.241 e. The van der Waals surface area contributed by atoms with Crippen molar-refractivity contribution in [2.45, 2.75) is 26.7 Å². The van der Waals surface area contributed by atoms with Crippen LogP contribution in [-0.4, -0.2) is 5.91 Å². The number of hydrogen-bond acceptors (Lipinski definition) is 1.